The number of hydrogen-bond acceptors (Lipinski definition) is 3. The first kappa shape index (κ1) is 31.2. The molecule has 0 radical (unpaired) electrons. The van der Waals surface area contributed by atoms with Gasteiger partial charge in [-0.2, -0.15) is 0 Å². The van der Waals surface area contributed by atoms with Crippen LogP contribution in [0.1, 0.15) is 26.3 Å². The summed E-state index contributed by atoms with van der Waals surface area (Å²) in [4.78, 5) is 2.32. The van der Waals surface area contributed by atoms with Crippen LogP contribution in [0.5, 0.6) is 0 Å². The fraction of sp³-hybridized carbons (Fsp3) is 0.0800. The second-order valence-electron chi connectivity index (χ2n) is 14.9. The SMILES string of the molecule is CC(C)(C)c1cccc2c1oc1c(N(c3ccc(-c4cccc5ccccc45)cc3)c3ccc(-c4cccc5c4oc4ccccc45)cc3)cccc12. The number of rotatable bonds is 5. The van der Waals surface area contributed by atoms with Crippen LogP contribution in [0.25, 0.3) is 76.9 Å². The van der Waals surface area contributed by atoms with E-state index in [1.54, 1.807) is 0 Å². The van der Waals surface area contributed by atoms with Gasteiger partial charge in [0.15, 0.2) is 5.58 Å². The smallest absolute Gasteiger partial charge is 0.159 e. The van der Waals surface area contributed by atoms with E-state index in [9.17, 15) is 0 Å². The molecule has 0 spiro atoms. The summed E-state index contributed by atoms with van der Waals surface area (Å²) in [7, 11) is 0. The lowest BCUT2D eigenvalue weighted by molar-refractivity contribution is 0.573. The molecule has 0 fully saturated rings. The molecule has 8 aromatic carbocycles. The Morgan fingerprint density at radius 1 is 0.396 bits per heavy atom. The first-order valence-corrected chi connectivity index (χ1v) is 18.3. The van der Waals surface area contributed by atoms with Gasteiger partial charge >= 0.3 is 0 Å². The van der Waals surface area contributed by atoms with Crippen LogP contribution in [0.4, 0.5) is 17.1 Å². The highest BCUT2D eigenvalue weighted by Gasteiger charge is 2.24. The van der Waals surface area contributed by atoms with E-state index in [1.807, 2.05) is 12.1 Å². The summed E-state index contributed by atoms with van der Waals surface area (Å²) in [5.41, 5.74) is 12.4. The van der Waals surface area contributed by atoms with Gasteiger partial charge in [0.05, 0.1) is 5.69 Å². The second-order valence-corrected chi connectivity index (χ2v) is 14.9. The van der Waals surface area contributed by atoms with Crippen molar-refractivity contribution in [1.82, 2.24) is 0 Å². The predicted molar refractivity (Wildman–Crippen MR) is 223 cm³/mol. The molecule has 0 unspecified atom stereocenters. The number of benzene rings is 8. The number of nitrogens with zero attached hydrogens (tertiary/aromatic N) is 1. The third-order valence-electron chi connectivity index (χ3n) is 10.6. The van der Waals surface area contributed by atoms with Crippen molar-refractivity contribution in [2.24, 2.45) is 0 Å². The predicted octanol–water partition coefficient (Wildman–Crippen LogP) is 14.7. The molecule has 3 heteroatoms. The lowest BCUT2D eigenvalue weighted by Crippen LogP contribution is -2.11. The van der Waals surface area contributed by atoms with E-state index in [1.165, 1.54) is 27.5 Å². The molecule has 0 N–H and O–H groups in total. The number of anilines is 3. The molecule has 0 saturated heterocycles. The molecule has 0 atom stereocenters. The Labute approximate surface area is 308 Å². The Bertz CT molecular complexity index is 2970. The van der Waals surface area contributed by atoms with E-state index in [0.717, 1.165) is 72.1 Å². The van der Waals surface area contributed by atoms with Crippen molar-refractivity contribution in [2.75, 3.05) is 4.90 Å². The normalized spacial score (nSPS) is 12.1. The minimum Gasteiger partial charge on any atom is -0.455 e. The van der Waals surface area contributed by atoms with Crippen molar-refractivity contribution in [3.05, 3.63) is 175 Å². The Hall–Kier alpha value is -6.58. The van der Waals surface area contributed by atoms with Gasteiger partial charge in [0, 0.05) is 44.0 Å². The zero-order valence-corrected chi connectivity index (χ0v) is 29.9. The van der Waals surface area contributed by atoms with Crippen LogP contribution >= 0.6 is 0 Å². The van der Waals surface area contributed by atoms with Crippen molar-refractivity contribution in [2.45, 2.75) is 26.2 Å². The molecule has 0 bridgehead atoms. The average Bonchev–Trinajstić information content (AvgIpc) is 3.77. The highest BCUT2D eigenvalue weighted by Crippen LogP contribution is 2.45. The highest BCUT2D eigenvalue weighted by atomic mass is 16.3. The van der Waals surface area contributed by atoms with Gasteiger partial charge in [0.2, 0.25) is 0 Å². The van der Waals surface area contributed by atoms with Crippen LogP contribution in [0, 0.1) is 0 Å². The van der Waals surface area contributed by atoms with Gasteiger partial charge in [-0.15, -0.1) is 0 Å². The van der Waals surface area contributed by atoms with Crippen LogP contribution in [0.2, 0.25) is 0 Å². The first-order chi connectivity index (χ1) is 25.9. The van der Waals surface area contributed by atoms with Gasteiger partial charge in [-0.05, 0) is 69.3 Å². The number of furan rings is 2. The fourth-order valence-electron chi connectivity index (χ4n) is 8.03. The lowest BCUT2D eigenvalue weighted by Gasteiger charge is -2.26. The zero-order valence-electron chi connectivity index (χ0n) is 29.9. The highest BCUT2D eigenvalue weighted by molar-refractivity contribution is 6.12. The van der Waals surface area contributed by atoms with Gasteiger partial charge in [-0.1, -0.05) is 154 Å². The third kappa shape index (κ3) is 5.11. The molecule has 254 valence electrons. The minimum absolute atomic E-state index is 0.0663. The molecule has 2 heterocycles. The van der Waals surface area contributed by atoms with Crippen LogP contribution in [0.3, 0.4) is 0 Å². The fourth-order valence-corrected chi connectivity index (χ4v) is 8.03. The molecular formula is C50H37NO2. The van der Waals surface area contributed by atoms with Crippen LogP contribution in [-0.4, -0.2) is 0 Å². The monoisotopic (exact) mass is 683 g/mol. The number of para-hydroxylation sites is 4. The summed E-state index contributed by atoms with van der Waals surface area (Å²) in [6.07, 6.45) is 0. The van der Waals surface area contributed by atoms with E-state index in [-0.39, 0.29) is 5.41 Å². The number of fused-ring (bicyclic) bond motifs is 7. The summed E-state index contributed by atoms with van der Waals surface area (Å²) in [5.74, 6) is 0. The van der Waals surface area contributed by atoms with Crippen molar-refractivity contribution < 1.29 is 8.83 Å². The minimum atomic E-state index is -0.0663. The summed E-state index contributed by atoms with van der Waals surface area (Å²) in [6.45, 7) is 6.73. The van der Waals surface area contributed by atoms with Crippen molar-refractivity contribution >= 4 is 71.7 Å². The maximum Gasteiger partial charge on any atom is 0.159 e. The number of hydrogen-bond donors (Lipinski definition) is 0. The Kier molecular flexibility index (Phi) is 7.06. The van der Waals surface area contributed by atoms with E-state index >= 15 is 0 Å². The van der Waals surface area contributed by atoms with Gasteiger partial charge in [-0.3, -0.25) is 0 Å². The molecule has 0 aliphatic rings. The molecule has 0 aliphatic heterocycles. The van der Waals surface area contributed by atoms with Crippen molar-refractivity contribution in [1.29, 1.82) is 0 Å². The van der Waals surface area contributed by atoms with Crippen molar-refractivity contribution in [3.63, 3.8) is 0 Å². The molecule has 0 saturated carbocycles. The molecular weight excluding hydrogens is 647 g/mol. The summed E-state index contributed by atoms with van der Waals surface area (Å²) in [6, 6.07) is 60.5. The second kappa shape index (κ2) is 12.0. The van der Waals surface area contributed by atoms with Gasteiger partial charge in [-0.25, -0.2) is 0 Å². The van der Waals surface area contributed by atoms with E-state index in [0.29, 0.717) is 0 Å². The molecule has 3 nitrogen and oxygen atoms in total. The quantitative estimate of drug-likeness (QED) is 0.181. The van der Waals surface area contributed by atoms with Crippen LogP contribution < -0.4 is 4.90 Å². The summed E-state index contributed by atoms with van der Waals surface area (Å²) in [5, 5.41) is 6.98. The van der Waals surface area contributed by atoms with Gasteiger partial charge in [0.1, 0.15) is 16.7 Å². The Balaban J connectivity index is 1.14. The Morgan fingerprint density at radius 3 is 1.66 bits per heavy atom. The standard InChI is InChI=1S/C50H37NO2/c1-50(2,3)44-21-10-19-42-43-20-11-22-45(49(43)53-48(42)44)51(35-28-24-33(25-29-35)38-16-8-13-32-12-4-5-14-37(32)38)36-30-26-34(27-31-36)39-17-9-18-41-40-15-6-7-23-46(40)52-47(39)41/h4-31H,1-3H3. The van der Waals surface area contributed by atoms with Crippen LogP contribution in [0.15, 0.2) is 179 Å². The molecule has 0 amide bonds. The maximum atomic E-state index is 6.92. The summed E-state index contributed by atoms with van der Waals surface area (Å²) >= 11 is 0. The van der Waals surface area contributed by atoms with Crippen molar-refractivity contribution in [3.8, 4) is 22.3 Å². The van der Waals surface area contributed by atoms with E-state index in [4.69, 9.17) is 8.83 Å². The molecule has 2 aromatic heterocycles. The van der Waals surface area contributed by atoms with Gasteiger partial charge in [0.25, 0.3) is 0 Å². The average molecular weight is 684 g/mol. The van der Waals surface area contributed by atoms with Crippen LogP contribution in [-0.2, 0) is 5.41 Å². The summed E-state index contributed by atoms with van der Waals surface area (Å²) < 4.78 is 13.3. The molecule has 0 aliphatic carbocycles. The third-order valence-corrected chi connectivity index (χ3v) is 10.6. The largest absolute Gasteiger partial charge is 0.455 e. The molecule has 10 rings (SSSR count). The van der Waals surface area contributed by atoms with Gasteiger partial charge < -0.3 is 13.7 Å². The topological polar surface area (TPSA) is 29.5 Å². The van der Waals surface area contributed by atoms with E-state index < -0.39 is 0 Å². The molecule has 10 aromatic rings. The zero-order chi connectivity index (χ0) is 35.7. The maximum absolute atomic E-state index is 6.92. The van der Waals surface area contributed by atoms with E-state index in [2.05, 4.69) is 183 Å². The molecule has 53 heavy (non-hydrogen) atoms. The first-order valence-electron chi connectivity index (χ1n) is 18.3. The Morgan fingerprint density at radius 2 is 0.925 bits per heavy atom. The lowest BCUT2D eigenvalue weighted by atomic mass is 9.86.